The standard InChI is InChI=1S/C27H28N4O4/c1-29-23-19-10-6-7-11-20(19)31(16-21(32)17-8-4-3-5-9-17)26(33)22(23)25(35-2)24(29)27(34)30-14-12-18(28)13-15-30/h3-11,18H,12-16,28H2,1-2H3. The summed E-state index contributed by atoms with van der Waals surface area (Å²) >= 11 is 0. The molecule has 3 heterocycles. The maximum Gasteiger partial charge on any atom is 0.274 e. The van der Waals surface area contributed by atoms with Gasteiger partial charge in [-0.2, -0.15) is 0 Å². The first kappa shape index (κ1) is 22.9. The van der Waals surface area contributed by atoms with Gasteiger partial charge in [-0.3, -0.25) is 19.0 Å². The van der Waals surface area contributed by atoms with Gasteiger partial charge in [-0.25, -0.2) is 0 Å². The third-order valence-corrected chi connectivity index (χ3v) is 6.89. The Morgan fingerprint density at radius 2 is 1.69 bits per heavy atom. The van der Waals surface area contributed by atoms with Crippen LogP contribution in [0.2, 0.25) is 0 Å². The van der Waals surface area contributed by atoms with Gasteiger partial charge in [-0.05, 0) is 18.9 Å². The quantitative estimate of drug-likeness (QED) is 0.450. The lowest BCUT2D eigenvalue weighted by Crippen LogP contribution is -2.43. The average Bonchev–Trinajstić information content (AvgIpc) is 3.19. The lowest BCUT2D eigenvalue weighted by molar-refractivity contribution is 0.0701. The predicted molar refractivity (Wildman–Crippen MR) is 135 cm³/mol. The van der Waals surface area contributed by atoms with Crippen molar-refractivity contribution < 1.29 is 14.3 Å². The van der Waals surface area contributed by atoms with Crippen molar-refractivity contribution in [2.45, 2.75) is 25.4 Å². The molecule has 180 valence electrons. The Bertz CT molecular complexity index is 1490. The van der Waals surface area contributed by atoms with Crippen molar-refractivity contribution in [2.24, 2.45) is 12.8 Å². The minimum absolute atomic E-state index is 0.0896. The lowest BCUT2D eigenvalue weighted by atomic mass is 10.1. The largest absolute Gasteiger partial charge is 0.493 e. The number of para-hydroxylation sites is 1. The second kappa shape index (κ2) is 9.03. The summed E-state index contributed by atoms with van der Waals surface area (Å²) in [4.78, 5) is 42.3. The highest BCUT2D eigenvalue weighted by atomic mass is 16.5. The van der Waals surface area contributed by atoms with E-state index in [4.69, 9.17) is 10.5 Å². The zero-order valence-electron chi connectivity index (χ0n) is 19.9. The van der Waals surface area contributed by atoms with Crippen LogP contribution >= 0.6 is 0 Å². The molecule has 35 heavy (non-hydrogen) atoms. The first-order valence-corrected chi connectivity index (χ1v) is 11.7. The number of pyridine rings is 1. The van der Waals surface area contributed by atoms with Crippen molar-refractivity contribution in [2.75, 3.05) is 20.2 Å². The van der Waals surface area contributed by atoms with Gasteiger partial charge in [0.15, 0.2) is 17.2 Å². The van der Waals surface area contributed by atoms with E-state index in [2.05, 4.69) is 0 Å². The van der Waals surface area contributed by atoms with Crippen LogP contribution in [0.1, 0.15) is 33.7 Å². The summed E-state index contributed by atoms with van der Waals surface area (Å²) in [6.45, 7) is 0.993. The number of rotatable bonds is 5. The maximum absolute atomic E-state index is 13.9. The van der Waals surface area contributed by atoms with Crippen LogP contribution in [0.15, 0.2) is 59.4 Å². The molecule has 8 nitrogen and oxygen atoms in total. The molecule has 0 aliphatic carbocycles. The number of likely N-dealkylation sites (tertiary alicyclic amines) is 1. The molecule has 1 saturated heterocycles. The molecule has 0 saturated carbocycles. The monoisotopic (exact) mass is 472 g/mol. The molecule has 8 heteroatoms. The highest BCUT2D eigenvalue weighted by Crippen LogP contribution is 2.35. The van der Waals surface area contributed by atoms with E-state index < -0.39 is 0 Å². The number of nitrogens with zero attached hydrogens (tertiary/aromatic N) is 3. The van der Waals surface area contributed by atoms with E-state index in [1.165, 1.54) is 11.7 Å². The van der Waals surface area contributed by atoms with Crippen molar-refractivity contribution in [1.82, 2.24) is 14.0 Å². The van der Waals surface area contributed by atoms with E-state index >= 15 is 0 Å². The third-order valence-electron chi connectivity index (χ3n) is 6.89. The van der Waals surface area contributed by atoms with E-state index in [1.54, 1.807) is 40.8 Å². The summed E-state index contributed by atoms with van der Waals surface area (Å²) in [7, 11) is 3.24. The van der Waals surface area contributed by atoms with Gasteiger partial charge in [0, 0.05) is 37.1 Å². The number of ketones is 1. The van der Waals surface area contributed by atoms with Gasteiger partial charge < -0.3 is 19.9 Å². The van der Waals surface area contributed by atoms with Gasteiger partial charge in [0.2, 0.25) is 0 Å². The third kappa shape index (κ3) is 3.80. The Balaban J connectivity index is 1.72. The van der Waals surface area contributed by atoms with E-state index in [1.807, 2.05) is 30.3 Å². The molecule has 1 fully saturated rings. The van der Waals surface area contributed by atoms with Crippen molar-refractivity contribution in [3.63, 3.8) is 0 Å². The molecule has 5 rings (SSSR count). The molecule has 2 N–H and O–H groups in total. The molecule has 0 unspecified atom stereocenters. The van der Waals surface area contributed by atoms with Crippen molar-refractivity contribution in [3.8, 4) is 5.75 Å². The number of benzene rings is 2. The number of amides is 1. The normalized spacial score (nSPS) is 14.5. The van der Waals surface area contributed by atoms with Crippen LogP contribution < -0.4 is 16.0 Å². The van der Waals surface area contributed by atoms with Crippen LogP contribution in [-0.4, -0.2) is 52.0 Å². The van der Waals surface area contributed by atoms with Gasteiger partial charge in [-0.1, -0.05) is 48.5 Å². The summed E-state index contributed by atoms with van der Waals surface area (Å²) in [5, 5.41) is 1.06. The molecule has 1 aliphatic heterocycles. The van der Waals surface area contributed by atoms with Crippen LogP contribution in [0, 0.1) is 0 Å². The lowest BCUT2D eigenvalue weighted by Gasteiger charge is -2.30. The molecule has 4 aromatic rings. The molecule has 1 aliphatic rings. The summed E-state index contributed by atoms with van der Waals surface area (Å²) < 4.78 is 8.92. The number of hydrogen-bond acceptors (Lipinski definition) is 5. The van der Waals surface area contributed by atoms with Gasteiger partial charge in [0.25, 0.3) is 11.5 Å². The van der Waals surface area contributed by atoms with Crippen LogP contribution in [0.25, 0.3) is 21.8 Å². The second-order valence-corrected chi connectivity index (χ2v) is 8.99. The molecule has 2 aromatic heterocycles. The number of Topliss-reactive ketones (excluding diaryl/α,β-unsaturated/α-hetero) is 1. The Morgan fingerprint density at radius 3 is 2.37 bits per heavy atom. The molecule has 1 amide bonds. The topological polar surface area (TPSA) is 99.6 Å². The first-order chi connectivity index (χ1) is 16.9. The van der Waals surface area contributed by atoms with E-state index in [0.29, 0.717) is 40.8 Å². The van der Waals surface area contributed by atoms with Crippen LogP contribution in [-0.2, 0) is 13.6 Å². The summed E-state index contributed by atoms with van der Waals surface area (Å²) in [6, 6.07) is 16.4. The smallest absolute Gasteiger partial charge is 0.274 e. The molecular formula is C27H28N4O4. The van der Waals surface area contributed by atoms with E-state index in [0.717, 1.165) is 18.2 Å². The van der Waals surface area contributed by atoms with E-state index in [-0.39, 0.29) is 35.6 Å². The second-order valence-electron chi connectivity index (χ2n) is 8.99. The number of ether oxygens (including phenoxy) is 1. The number of nitrogens with two attached hydrogens (primary N) is 1. The molecule has 2 aromatic carbocycles. The van der Waals surface area contributed by atoms with Crippen LogP contribution in [0.4, 0.5) is 0 Å². The molecule has 0 bridgehead atoms. The van der Waals surface area contributed by atoms with E-state index in [9.17, 15) is 14.4 Å². The maximum atomic E-state index is 13.9. The van der Waals surface area contributed by atoms with Crippen molar-refractivity contribution >= 4 is 33.5 Å². The number of hydrogen-bond donors (Lipinski definition) is 1. The number of piperidine rings is 1. The molecule has 0 radical (unpaired) electrons. The molecule has 0 spiro atoms. The number of aromatic nitrogens is 2. The number of carbonyl (C=O) groups is 2. The van der Waals surface area contributed by atoms with Gasteiger partial charge in [0.1, 0.15) is 5.39 Å². The number of fused-ring (bicyclic) bond motifs is 3. The highest BCUT2D eigenvalue weighted by Gasteiger charge is 2.31. The minimum Gasteiger partial charge on any atom is -0.493 e. The first-order valence-electron chi connectivity index (χ1n) is 11.7. The van der Waals surface area contributed by atoms with Gasteiger partial charge in [0.05, 0.1) is 24.7 Å². The fourth-order valence-electron chi connectivity index (χ4n) is 5.03. The molecule has 0 atom stereocenters. The van der Waals surface area contributed by atoms with Crippen molar-refractivity contribution in [3.05, 3.63) is 76.2 Å². The number of methoxy groups -OCH3 is 1. The fourth-order valence-corrected chi connectivity index (χ4v) is 5.03. The Morgan fingerprint density at radius 1 is 1.03 bits per heavy atom. The zero-order valence-corrected chi connectivity index (χ0v) is 19.9. The fraction of sp³-hybridized carbons (Fsp3) is 0.296. The minimum atomic E-state index is -0.366. The summed E-state index contributed by atoms with van der Waals surface area (Å²) in [5.74, 6) is -0.130. The number of aryl methyl sites for hydroxylation is 1. The average molecular weight is 473 g/mol. The van der Waals surface area contributed by atoms with Gasteiger partial charge >= 0.3 is 0 Å². The highest BCUT2D eigenvalue weighted by molar-refractivity contribution is 6.12. The summed E-state index contributed by atoms with van der Waals surface area (Å²) in [5.41, 5.74) is 7.75. The Labute approximate surface area is 202 Å². The summed E-state index contributed by atoms with van der Waals surface area (Å²) in [6.07, 6.45) is 1.46. The Kier molecular flexibility index (Phi) is 5.90. The predicted octanol–water partition coefficient (Wildman–Crippen LogP) is 2.95. The molecular weight excluding hydrogens is 444 g/mol. The van der Waals surface area contributed by atoms with Crippen LogP contribution in [0.5, 0.6) is 5.75 Å². The SMILES string of the molecule is COc1c(C(=O)N2CCC(N)CC2)n(C)c2c1c(=O)n(CC(=O)c1ccccc1)c1ccccc21. The number of carbonyl (C=O) groups excluding carboxylic acids is 2. The zero-order chi connectivity index (χ0) is 24.7. The van der Waals surface area contributed by atoms with Gasteiger partial charge in [-0.15, -0.1) is 0 Å². The van der Waals surface area contributed by atoms with Crippen molar-refractivity contribution in [1.29, 1.82) is 0 Å². The Hall–Kier alpha value is -3.91. The van der Waals surface area contributed by atoms with Crippen LogP contribution in [0.3, 0.4) is 0 Å².